The third kappa shape index (κ3) is 4.93. The largest absolute Gasteiger partial charge is 0.440 e. The van der Waals surface area contributed by atoms with Crippen LogP contribution in [0.3, 0.4) is 0 Å². The van der Waals surface area contributed by atoms with Crippen molar-refractivity contribution in [3.8, 4) is 11.3 Å². The standard InChI is InChI=1S/C18H24N2O3/c1-12(2)15(21)11-19-16(22)9-10-17-20-13(3)18(23-17)14-7-5-4-6-8-14/h4-8,12,15,21H,9-11H2,1-3H3,(H,19,22). The number of aromatic nitrogens is 1. The van der Waals surface area contributed by atoms with E-state index in [2.05, 4.69) is 10.3 Å². The van der Waals surface area contributed by atoms with Gasteiger partial charge < -0.3 is 14.8 Å². The first-order chi connectivity index (χ1) is 11.0. The van der Waals surface area contributed by atoms with Crippen LogP contribution in [0.15, 0.2) is 34.7 Å². The van der Waals surface area contributed by atoms with E-state index in [1.54, 1.807) is 0 Å². The first-order valence-electron chi connectivity index (χ1n) is 7.94. The second-order valence-electron chi connectivity index (χ2n) is 6.00. The Balaban J connectivity index is 1.88. The number of rotatable bonds is 7. The van der Waals surface area contributed by atoms with Gasteiger partial charge in [-0.25, -0.2) is 4.98 Å². The third-order valence-electron chi connectivity index (χ3n) is 3.72. The first-order valence-corrected chi connectivity index (χ1v) is 7.94. The van der Waals surface area contributed by atoms with Crippen LogP contribution in [-0.4, -0.2) is 28.6 Å². The molecule has 0 saturated heterocycles. The van der Waals surface area contributed by atoms with Gasteiger partial charge in [0, 0.05) is 24.9 Å². The molecule has 1 aromatic carbocycles. The van der Waals surface area contributed by atoms with E-state index < -0.39 is 6.10 Å². The molecule has 2 rings (SSSR count). The lowest BCUT2D eigenvalue weighted by Gasteiger charge is -2.14. The number of carbonyl (C=O) groups is 1. The predicted octanol–water partition coefficient (Wildman–Crippen LogP) is 2.72. The zero-order valence-corrected chi connectivity index (χ0v) is 13.9. The molecule has 124 valence electrons. The highest BCUT2D eigenvalue weighted by atomic mass is 16.4. The van der Waals surface area contributed by atoms with Gasteiger partial charge in [-0.3, -0.25) is 4.79 Å². The lowest BCUT2D eigenvalue weighted by molar-refractivity contribution is -0.121. The Morgan fingerprint density at radius 1 is 1.30 bits per heavy atom. The number of hydrogen-bond acceptors (Lipinski definition) is 4. The smallest absolute Gasteiger partial charge is 0.220 e. The Morgan fingerprint density at radius 3 is 2.65 bits per heavy atom. The highest BCUT2D eigenvalue weighted by Gasteiger charge is 2.14. The summed E-state index contributed by atoms with van der Waals surface area (Å²) >= 11 is 0. The van der Waals surface area contributed by atoms with Crippen molar-refractivity contribution in [2.75, 3.05) is 6.54 Å². The van der Waals surface area contributed by atoms with E-state index in [1.807, 2.05) is 51.1 Å². The van der Waals surface area contributed by atoms with Crippen molar-refractivity contribution in [2.45, 2.75) is 39.7 Å². The maximum Gasteiger partial charge on any atom is 0.220 e. The fourth-order valence-electron chi connectivity index (χ4n) is 2.18. The van der Waals surface area contributed by atoms with Crippen LogP contribution in [0.2, 0.25) is 0 Å². The molecule has 1 unspecified atom stereocenters. The molecule has 2 N–H and O–H groups in total. The quantitative estimate of drug-likeness (QED) is 0.823. The van der Waals surface area contributed by atoms with Crippen LogP contribution in [0.5, 0.6) is 0 Å². The molecule has 1 atom stereocenters. The van der Waals surface area contributed by atoms with Crippen molar-refractivity contribution in [3.05, 3.63) is 41.9 Å². The van der Waals surface area contributed by atoms with E-state index >= 15 is 0 Å². The van der Waals surface area contributed by atoms with Crippen LogP contribution in [0.4, 0.5) is 0 Å². The van der Waals surface area contributed by atoms with Crippen LogP contribution in [0, 0.1) is 12.8 Å². The second-order valence-corrected chi connectivity index (χ2v) is 6.00. The molecule has 0 bridgehead atoms. The molecule has 0 spiro atoms. The lowest BCUT2D eigenvalue weighted by Crippen LogP contribution is -2.34. The van der Waals surface area contributed by atoms with Crippen molar-refractivity contribution >= 4 is 5.91 Å². The van der Waals surface area contributed by atoms with Crippen molar-refractivity contribution in [1.29, 1.82) is 0 Å². The zero-order chi connectivity index (χ0) is 16.8. The SMILES string of the molecule is Cc1nc(CCC(=O)NCC(O)C(C)C)oc1-c1ccccc1. The predicted molar refractivity (Wildman–Crippen MR) is 88.9 cm³/mol. The Labute approximate surface area is 136 Å². The molecule has 1 amide bonds. The topological polar surface area (TPSA) is 75.4 Å². The molecular formula is C18H24N2O3. The van der Waals surface area contributed by atoms with Gasteiger partial charge in [-0.15, -0.1) is 0 Å². The number of nitrogens with zero attached hydrogens (tertiary/aromatic N) is 1. The Hall–Kier alpha value is -2.14. The summed E-state index contributed by atoms with van der Waals surface area (Å²) in [4.78, 5) is 16.2. The summed E-state index contributed by atoms with van der Waals surface area (Å²) in [5.41, 5.74) is 1.80. The van der Waals surface area contributed by atoms with E-state index in [9.17, 15) is 9.90 Å². The van der Waals surface area contributed by atoms with Crippen molar-refractivity contribution in [1.82, 2.24) is 10.3 Å². The molecule has 0 aliphatic carbocycles. The van der Waals surface area contributed by atoms with Gasteiger partial charge in [0.05, 0.1) is 11.8 Å². The average Bonchev–Trinajstić information content (AvgIpc) is 2.92. The number of benzene rings is 1. The van der Waals surface area contributed by atoms with Gasteiger partial charge in [-0.05, 0) is 12.8 Å². The summed E-state index contributed by atoms with van der Waals surface area (Å²) in [6.45, 7) is 6.00. The molecular weight excluding hydrogens is 292 g/mol. The number of oxazole rings is 1. The van der Waals surface area contributed by atoms with Gasteiger partial charge in [-0.1, -0.05) is 44.2 Å². The summed E-state index contributed by atoms with van der Waals surface area (Å²) < 4.78 is 5.77. The number of amides is 1. The normalized spacial score (nSPS) is 12.4. The van der Waals surface area contributed by atoms with E-state index in [4.69, 9.17) is 4.42 Å². The fourth-order valence-corrected chi connectivity index (χ4v) is 2.18. The molecule has 0 radical (unpaired) electrons. The van der Waals surface area contributed by atoms with Gasteiger partial charge in [0.2, 0.25) is 5.91 Å². The summed E-state index contributed by atoms with van der Waals surface area (Å²) in [5.74, 6) is 1.32. The zero-order valence-electron chi connectivity index (χ0n) is 13.9. The fraction of sp³-hybridized carbons (Fsp3) is 0.444. The van der Waals surface area contributed by atoms with Crippen molar-refractivity contribution < 1.29 is 14.3 Å². The average molecular weight is 316 g/mol. The molecule has 1 heterocycles. The number of carbonyl (C=O) groups excluding carboxylic acids is 1. The van der Waals surface area contributed by atoms with Crippen molar-refractivity contribution in [3.63, 3.8) is 0 Å². The van der Waals surface area contributed by atoms with Crippen LogP contribution < -0.4 is 5.32 Å². The number of aliphatic hydroxyl groups excluding tert-OH is 1. The number of hydrogen-bond donors (Lipinski definition) is 2. The highest BCUT2D eigenvalue weighted by Crippen LogP contribution is 2.24. The second kappa shape index (κ2) is 7.92. The highest BCUT2D eigenvalue weighted by molar-refractivity contribution is 5.76. The van der Waals surface area contributed by atoms with Gasteiger partial charge in [0.25, 0.3) is 0 Å². The summed E-state index contributed by atoms with van der Waals surface area (Å²) in [6, 6.07) is 9.79. The molecule has 0 fully saturated rings. The minimum absolute atomic E-state index is 0.109. The third-order valence-corrected chi connectivity index (χ3v) is 3.72. The van der Waals surface area contributed by atoms with Gasteiger partial charge in [-0.2, -0.15) is 0 Å². The van der Waals surface area contributed by atoms with E-state index in [0.29, 0.717) is 18.7 Å². The molecule has 0 aliphatic heterocycles. The summed E-state index contributed by atoms with van der Waals surface area (Å²) in [6.07, 6.45) is 0.212. The molecule has 0 saturated carbocycles. The van der Waals surface area contributed by atoms with Crippen LogP contribution >= 0.6 is 0 Å². The molecule has 0 aliphatic rings. The Kier molecular flexibility index (Phi) is 5.93. The van der Waals surface area contributed by atoms with E-state index in [0.717, 1.165) is 17.0 Å². The molecule has 5 heteroatoms. The van der Waals surface area contributed by atoms with Crippen LogP contribution in [-0.2, 0) is 11.2 Å². The van der Waals surface area contributed by atoms with E-state index in [-0.39, 0.29) is 18.4 Å². The van der Waals surface area contributed by atoms with Crippen LogP contribution in [0.25, 0.3) is 11.3 Å². The molecule has 23 heavy (non-hydrogen) atoms. The monoisotopic (exact) mass is 316 g/mol. The minimum atomic E-state index is -0.521. The number of aliphatic hydroxyl groups is 1. The number of nitrogens with one attached hydrogen (secondary N) is 1. The molecule has 5 nitrogen and oxygen atoms in total. The van der Waals surface area contributed by atoms with E-state index in [1.165, 1.54) is 0 Å². The summed E-state index contributed by atoms with van der Waals surface area (Å²) in [7, 11) is 0. The number of aryl methyl sites for hydroxylation is 2. The molecule has 2 aromatic rings. The van der Waals surface area contributed by atoms with Gasteiger partial charge >= 0.3 is 0 Å². The van der Waals surface area contributed by atoms with Crippen molar-refractivity contribution in [2.24, 2.45) is 5.92 Å². The lowest BCUT2D eigenvalue weighted by atomic mass is 10.1. The molecule has 1 aromatic heterocycles. The first kappa shape index (κ1) is 17.2. The minimum Gasteiger partial charge on any atom is -0.440 e. The van der Waals surface area contributed by atoms with Crippen LogP contribution in [0.1, 0.15) is 31.9 Å². The Bertz CT molecular complexity index is 635. The summed E-state index contributed by atoms with van der Waals surface area (Å²) in [5, 5.41) is 12.4. The van der Waals surface area contributed by atoms with Gasteiger partial charge in [0.15, 0.2) is 11.7 Å². The maximum atomic E-state index is 11.8. The van der Waals surface area contributed by atoms with Gasteiger partial charge in [0.1, 0.15) is 0 Å². The Morgan fingerprint density at radius 2 is 2.00 bits per heavy atom. The maximum absolute atomic E-state index is 11.8.